The Bertz CT molecular complexity index is 778. The van der Waals surface area contributed by atoms with Gasteiger partial charge in [0.05, 0.1) is 11.2 Å². The Morgan fingerprint density at radius 3 is 2.36 bits per heavy atom. The molecule has 25 heavy (non-hydrogen) atoms. The average molecular weight is 339 g/mol. The molecule has 2 aromatic rings. The van der Waals surface area contributed by atoms with Gasteiger partial charge in [-0.1, -0.05) is 30.3 Å². The van der Waals surface area contributed by atoms with E-state index in [9.17, 15) is 20.1 Å². The Balaban J connectivity index is 1.62. The molecule has 0 atom stereocenters. The predicted octanol–water partition coefficient (Wildman–Crippen LogP) is 2.78. The summed E-state index contributed by atoms with van der Waals surface area (Å²) >= 11 is 0. The van der Waals surface area contributed by atoms with Crippen molar-refractivity contribution in [3.05, 3.63) is 71.9 Å². The Hall–Kier alpha value is -2.79. The van der Waals surface area contributed by atoms with Gasteiger partial charge >= 0.3 is 0 Å². The summed E-state index contributed by atoms with van der Waals surface area (Å²) in [6.07, 6.45) is 4.26. The first kappa shape index (κ1) is 17.0. The molecule has 1 fully saturated rings. The van der Waals surface area contributed by atoms with Gasteiger partial charge < -0.3 is 20.2 Å². The zero-order valence-electron chi connectivity index (χ0n) is 13.8. The van der Waals surface area contributed by atoms with E-state index in [1.54, 1.807) is 6.20 Å². The zero-order chi connectivity index (χ0) is 17.9. The molecule has 0 spiro atoms. The fourth-order valence-corrected chi connectivity index (χ4v) is 3.07. The van der Waals surface area contributed by atoms with E-state index in [-0.39, 0.29) is 22.8 Å². The van der Waals surface area contributed by atoms with Crippen LogP contribution in [0.2, 0.25) is 0 Å². The molecular weight excluding hydrogens is 318 g/mol. The van der Waals surface area contributed by atoms with E-state index < -0.39 is 5.60 Å². The number of phenols is 2. The van der Waals surface area contributed by atoms with Crippen LogP contribution in [0.1, 0.15) is 28.8 Å². The number of allylic oxidation sites excluding steroid dienone is 1. The van der Waals surface area contributed by atoms with Crippen LogP contribution in [0, 0.1) is 0 Å². The molecule has 3 N–H and O–H groups in total. The van der Waals surface area contributed by atoms with Crippen molar-refractivity contribution in [2.45, 2.75) is 18.4 Å². The summed E-state index contributed by atoms with van der Waals surface area (Å²) in [4.78, 5) is 14.1. The summed E-state index contributed by atoms with van der Waals surface area (Å²) in [7, 11) is 0. The summed E-state index contributed by atoms with van der Waals surface area (Å²) in [6, 6.07) is 13.5. The lowest BCUT2D eigenvalue weighted by molar-refractivity contribution is -0.0161. The average Bonchev–Trinajstić information content (AvgIpc) is 2.62. The SMILES string of the molecule is O=C(/C=C/N1CCC(O)(c2ccccc2)CC1)c1ccc(O)cc1O. The van der Waals surface area contributed by atoms with E-state index in [1.807, 2.05) is 35.2 Å². The number of aliphatic hydroxyl groups is 1. The Labute approximate surface area is 146 Å². The number of hydrogen-bond acceptors (Lipinski definition) is 5. The van der Waals surface area contributed by atoms with Crippen LogP contribution in [0.25, 0.3) is 0 Å². The van der Waals surface area contributed by atoms with E-state index in [4.69, 9.17) is 0 Å². The molecule has 0 aliphatic carbocycles. The van der Waals surface area contributed by atoms with Crippen molar-refractivity contribution < 1.29 is 20.1 Å². The minimum atomic E-state index is -0.829. The fourth-order valence-electron chi connectivity index (χ4n) is 3.07. The molecule has 130 valence electrons. The van der Waals surface area contributed by atoms with Gasteiger partial charge in [0.1, 0.15) is 11.5 Å². The van der Waals surface area contributed by atoms with Crippen molar-refractivity contribution >= 4 is 5.78 Å². The van der Waals surface area contributed by atoms with Crippen LogP contribution in [0.3, 0.4) is 0 Å². The number of benzene rings is 2. The molecule has 5 nitrogen and oxygen atoms in total. The van der Waals surface area contributed by atoms with Crippen molar-refractivity contribution in [3.63, 3.8) is 0 Å². The van der Waals surface area contributed by atoms with Gasteiger partial charge in [-0.3, -0.25) is 4.79 Å². The lowest BCUT2D eigenvalue weighted by Crippen LogP contribution is -2.40. The standard InChI is InChI=1S/C20H21NO4/c22-16-6-7-17(19(24)14-16)18(23)8-11-21-12-9-20(25,10-13-21)15-4-2-1-3-5-15/h1-8,11,14,22,24-25H,9-10,12-13H2/b11-8+. The smallest absolute Gasteiger partial charge is 0.190 e. The monoisotopic (exact) mass is 339 g/mol. The Kier molecular flexibility index (Phi) is 4.76. The van der Waals surface area contributed by atoms with Crippen molar-refractivity contribution in [1.29, 1.82) is 0 Å². The molecule has 5 heteroatoms. The number of carbonyl (C=O) groups is 1. The quantitative estimate of drug-likeness (QED) is 0.589. The fraction of sp³-hybridized carbons (Fsp3) is 0.250. The highest BCUT2D eigenvalue weighted by molar-refractivity contribution is 6.06. The number of phenolic OH excluding ortho intramolecular Hbond substituents is 2. The van der Waals surface area contributed by atoms with Crippen molar-refractivity contribution in [3.8, 4) is 11.5 Å². The molecule has 1 aliphatic heterocycles. The van der Waals surface area contributed by atoms with Gasteiger partial charge in [0.25, 0.3) is 0 Å². The Morgan fingerprint density at radius 1 is 1.04 bits per heavy atom. The molecule has 0 unspecified atom stereocenters. The molecule has 1 aliphatic rings. The van der Waals surface area contributed by atoms with Crippen LogP contribution in [-0.2, 0) is 5.60 Å². The molecule has 1 saturated heterocycles. The first-order chi connectivity index (χ1) is 12.0. The summed E-state index contributed by atoms with van der Waals surface area (Å²) in [5, 5.41) is 29.8. The second-order valence-corrected chi connectivity index (χ2v) is 6.32. The molecule has 0 aromatic heterocycles. The molecule has 1 heterocycles. The maximum atomic E-state index is 12.2. The van der Waals surface area contributed by atoms with Gasteiger partial charge in [-0.25, -0.2) is 0 Å². The first-order valence-corrected chi connectivity index (χ1v) is 8.24. The van der Waals surface area contributed by atoms with E-state index in [0.29, 0.717) is 25.9 Å². The Morgan fingerprint density at radius 2 is 1.72 bits per heavy atom. The first-order valence-electron chi connectivity index (χ1n) is 8.24. The third kappa shape index (κ3) is 3.83. The number of piperidine rings is 1. The van der Waals surface area contributed by atoms with Gasteiger partial charge in [-0.05, 0) is 30.5 Å². The lowest BCUT2D eigenvalue weighted by atomic mass is 9.84. The molecule has 0 radical (unpaired) electrons. The topological polar surface area (TPSA) is 81.0 Å². The van der Waals surface area contributed by atoms with E-state index in [1.165, 1.54) is 18.2 Å². The normalized spacial score (nSPS) is 16.9. The van der Waals surface area contributed by atoms with Crippen LogP contribution < -0.4 is 0 Å². The second kappa shape index (κ2) is 6.99. The number of aromatic hydroxyl groups is 2. The molecular formula is C20H21NO4. The van der Waals surface area contributed by atoms with Crippen molar-refractivity contribution in [1.82, 2.24) is 4.90 Å². The molecule has 2 aromatic carbocycles. The number of nitrogens with zero attached hydrogens (tertiary/aromatic N) is 1. The van der Waals surface area contributed by atoms with Crippen molar-refractivity contribution in [2.75, 3.05) is 13.1 Å². The van der Waals surface area contributed by atoms with Gasteiger partial charge in [0.15, 0.2) is 5.78 Å². The third-order valence-corrected chi connectivity index (χ3v) is 4.62. The largest absolute Gasteiger partial charge is 0.508 e. The van der Waals surface area contributed by atoms with Gasteiger partial charge in [-0.15, -0.1) is 0 Å². The predicted molar refractivity (Wildman–Crippen MR) is 94.4 cm³/mol. The second-order valence-electron chi connectivity index (χ2n) is 6.32. The number of ketones is 1. The number of carbonyl (C=O) groups excluding carboxylic acids is 1. The van der Waals surface area contributed by atoms with Crippen LogP contribution >= 0.6 is 0 Å². The zero-order valence-corrected chi connectivity index (χ0v) is 13.8. The third-order valence-electron chi connectivity index (χ3n) is 4.62. The maximum absolute atomic E-state index is 12.2. The summed E-state index contributed by atoms with van der Waals surface area (Å²) < 4.78 is 0. The van der Waals surface area contributed by atoms with Crippen LogP contribution in [0.5, 0.6) is 11.5 Å². The molecule has 0 saturated carbocycles. The highest BCUT2D eigenvalue weighted by Gasteiger charge is 2.32. The number of likely N-dealkylation sites (tertiary alicyclic amines) is 1. The van der Waals surface area contributed by atoms with Crippen LogP contribution in [-0.4, -0.2) is 39.1 Å². The minimum Gasteiger partial charge on any atom is -0.508 e. The van der Waals surface area contributed by atoms with Crippen molar-refractivity contribution in [2.24, 2.45) is 0 Å². The highest BCUT2D eigenvalue weighted by Crippen LogP contribution is 2.32. The van der Waals surface area contributed by atoms with E-state index in [2.05, 4.69) is 0 Å². The summed E-state index contributed by atoms with van der Waals surface area (Å²) in [6.45, 7) is 1.27. The van der Waals surface area contributed by atoms with E-state index >= 15 is 0 Å². The van der Waals surface area contributed by atoms with E-state index in [0.717, 1.165) is 11.6 Å². The van der Waals surface area contributed by atoms with Gasteiger partial charge in [0.2, 0.25) is 0 Å². The molecule has 3 rings (SSSR count). The van der Waals surface area contributed by atoms with Crippen LogP contribution in [0.4, 0.5) is 0 Å². The molecule has 0 bridgehead atoms. The molecule has 0 amide bonds. The number of hydrogen-bond donors (Lipinski definition) is 3. The van der Waals surface area contributed by atoms with Gasteiger partial charge in [0, 0.05) is 31.4 Å². The number of rotatable bonds is 4. The highest BCUT2D eigenvalue weighted by atomic mass is 16.3. The minimum absolute atomic E-state index is 0.0887. The lowest BCUT2D eigenvalue weighted by Gasteiger charge is -2.38. The van der Waals surface area contributed by atoms with Crippen LogP contribution in [0.15, 0.2) is 60.8 Å². The summed E-state index contributed by atoms with van der Waals surface area (Å²) in [5.74, 6) is -0.664. The van der Waals surface area contributed by atoms with Gasteiger partial charge in [-0.2, -0.15) is 0 Å². The summed E-state index contributed by atoms with van der Waals surface area (Å²) in [5.41, 5.74) is 0.237. The maximum Gasteiger partial charge on any atom is 0.190 e.